The number of benzene rings is 1. The Kier molecular flexibility index (Phi) is 3.48. The summed E-state index contributed by atoms with van der Waals surface area (Å²) < 4.78 is 21.6. The molecule has 5 heteroatoms. The first-order valence-corrected chi connectivity index (χ1v) is 6.60. The molecule has 104 valence electrons. The molecule has 1 aromatic carbocycles. The summed E-state index contributed by atoms with van der Waals surface area (Å²) in [6, 6.07) is 3.89. The Morgan fingerprint density at radius 3 is 2.79 bits per heavy atom. The van der Waals surface area contributed by atoms with E-state index in [-0.39, 0.29) is 12.8 Å². The van der Waals surface area contributed by atoms with Crippen LogP contribution in [-0.2, 0) is 4.74 Å². The largest absolute Gasteiger partial charge is 0.493 e. The predicted molar refractivity (Wildman–Crippen MR) is 69.6 cm³/mol. The van der Waals surface area contributed by atoms with Gasteiger partial charge in [-0.15, -0.1) is 0 Å². The number of rotatable bonds is 3. The first-order valence-electron chi connectivity index (χ1n) is 6.60. The van der Waals surface area contributed by atoms with Gasteiger partial charge in [0, 0.05) is 19.3 Å². The topological polar surface area (TPSA) is 62.9 Å². The molecule has 1 aromatic rings. The Hall–Kier alpha value is -1.46. The number of ether oxygens (including phenoxy) is 4. The molecule has 1 saturated heterocycles. The fraction of sp³-hybridized carbons (Fsp3) is 0.571. The normalized spacial score (nSPS) is 20.3. The van der Waals surface area contributed by atoms with Gasteiger partial charge in [0.1, 0.15) is 0 Å². The Morgan fingerprint density at radius 1 is 1.26 bits per heavy atom. The average molecular weight is 265 g/mol. The second kappa shape index (κ2) is 5.27. The van der Waals surface area contributed by atoms with Crippen LogP contribution in [0.25, 0.3) is 0 Å². The van der Waals surface area contributed by atoms with Crippen molar-refractivity contribution in [2.45, 2.75) is 18.9 Å². The van der Waals surface area contributed by atoms with E-state index >= 15 is 0 Å². The van der Waals surface area contributed by atoms with Crippen molar-refractivity contribution in [2.24, 2.45) is 11.7 Å². The zero-order chi connectivity index (χ0) is 13.2. The van der Waals surface area contributed by atoms with Crippen molar-refractivity contribution in [3.8, 4) is 17.2 Å². The van der Waals surface area contributed by atoms with E-state index in [0.717, 1.165) is 37.4 Å². The molecule has 19 heavy (non-hydrogen) atoms. The number of hydrogen-bond acceptors (Lipinski definition) is 5. The lowest BCUT2D eigenvalue weighted by molar-refractivity contribution is 0.0583. The van der Waals surface area contributed by atoms with Crippen LogP contribution in [0.5, 0.6) is 17.2 Å². The number of methoxy groups -OCH3 is 1. The summed E-state index contributed by atoms with van der Waals surface area (Å²) in [5, 5.41) is 0. The fourth-order valence-electron chi connectivity index (χ4n) is 2.69. The second-order valence-corrected chi connectivity index (χ2v) is 4.93. The highest BCUT2D eigenvalue weighted by atomic mass is 16.7. The third-order valence-electron chi connectivity index (χ3n) is 3.84. The van der Waals surface area contributed by atoms with E-state index in [1.807, 2.05) is 12.1 Å². The van der Waals surface area contributed by atoms with Crippen molar-refractivity contribution in [1.82, 2.24) is 0 Å². The Morgan fingerprint density at radius 2 is 2.05 bits per heavy atom. The third-order valence-corrected chi connectivity index (χ3v) is 3.84. The van der Waals surface area contributed by atoms with Crippen molar-refractivity contribution >= 4 is 0 Å². The summed E-state index contributed by atoms with van der Waals surface area (Å²) in [4.78, 5) is 0. The molecule has 0 saturated carbocycles. The molecule has 3 rings (SSSR count). The Balaban J connectivity index is 1.87. The number of nitrogens with two attached hydrogens (primary N) is 1. The maximum absolute atomic E-state index is 6.38. The molecule has 1 fully saturated rings. The van der Waals surface area contributed by atoms with Crippen molar-refractivity contribution in [3.63, 3.8) is 0 Å². The van der Waals surface area contributed by atoms with Crippen LogP contribution in [-0.4, -0.2) is 27.1 Å². The summed E-state index contributed by atoms with van der Waals surface area (Å²) in [5.41, 5.74) is 7.42. The van der Waals surface area contributed by atoms with Crippen molar-refractivity contribution in [2.75, 3.05) is 27.1 Å². The lowest BCUT2D eigenvalue weighted by Gasteiger charge is -2.28. The maximum Gasteiger partial charge on any atom is 0.231 e. The first kappa shape index (κ1) is 12.6. The van der Waals surface area contributed by atoms with Crippen molar-refractivity contribution < 1.29 is 18.9 Å². The average Bonchev–Trinajstić information content (AvgIpc) is 2.94. The molecular weight excluding hydrogens is 246 g/mol. The Bertz CT molecular complexity index is 457. The molecule has 2 aliphatic heterocycles. The molecular formula is C14H19NO4. The molecule has 0 bridgehead atoms. The van der Waals surface area contributed by atoms with Gasteiger partial charge in [-0.05, 0) is 36.5 Å². The standard InChI is InChI=1S/C14H19NO4/c1-16-11-6-10(7-12-14(11)19-8-18-12)13(15)9-2-4-17-5-3-9/h6-7,9,13H,2-5,8,15H2,1H3/t13-/m0/s1. The van der Waals surface area contributed by atoms with Gasteiger partial charge < -0.3 is 24.7 Å². The lowest BCUT2D eigenvalue weighted by Crippen LogP contribution is -2.27. The molecule has 2 aliphatic rings. The number of hydrogen-bond donors (Lipinski definition) is 1. The van der Waals surface area contributed by atoms with Crippen LogP contribution >= 0.6 is 0 Å². The van der Waals surface area contributed by atoms with Crippen LogP contribution < -0.4 is 19.9 Å². The minimum Gasteiger partial charge on any atom is -0.493 e. The van der Waals surface area contributed by atoms with Gasteiger partial charge in [0.15, 0.2) is 11.5 Å². The molecule has 0 radical (unpaired) electrons. The second-order valence-electron chi connectivity index (χ2n) is 4.93. The zero-order valence-electron chi connectivity index (χ0n) is 11.1. The van der Waals surface area contributed by atoms with Gasteiger partial charge in [-0.2, -0.15) is 0 Å². The summed E-state index contributed by atoms with van der Waals surface area (Å²) in [6.07, 6.45) is 2.00. The lowest BCUT2D eigenvalue weighted by atomic mass is 9.87. The van der Waals surface area contributed by atoms with Crippen LogP contribution in [0.3, 0.4) is 0 Å². The van der Waals surface area contributed by atoms with E-state index in [9.17, 15) is 0 Å². The van der Waals surface area contributed by atoms with E-state index in [2.05, 4.69) is 0 Å². The fourth-order valence-corrected chi connectivity index (χ4v) is 2.69. The molecule has 0 unspecified atom stereocenters. The molecule has 0 spiro atoms. The molecule has 0 aromatic heterocycles. The van der Waals surface area contributed by atoms with Gasteiger partial charge in [0.2, 0.25) is 12.5 Å². The highest BCUT2D eigenvalue weighted by Crippen LogP contribution is 2.44. The van der Waals surface area contributed by atoms with Crippen LogP contribution in [0.15, 0.2) is 12.1 Å². The van der Waals surface area contributed by atoms with Gasteiger partial charge >= 0.3 is 0 Å². The maximum atomic E-state index is 6.38. The van der Waals surface area contributed by atoms with Gasteiger partial charge in [0.05, 0.1) is 7.11 Å². The van der Waals surface area contributed by atoms with Gasteiger partial charge in [-0.25, -0.2) is 0 Å². The van der Waals surface area contributed by atoms with Gasteiger partial charge in [-0.3, -0.25) is 0 Å². The van der Waals surface area contributed by atoms with Crippen molar-refractivity contribution in [3.05, 3.63) is 17.7 Å². The molecule has 2 heterocycles. The van der Waals surface area contributed by atoms with E-state index in [0.29, 0.717) is 17.4 Å². The smallest absolute Gasteiger partial charge is 0.231 e. The molecule has 2 N–H and O–H groups in total. The van der Waals surface area contributed by atoms with Crippen LogP contribution in [0.4, 0.5) is 0 Å². The van der Waals surface area contributed by atoms with E-state index in [4.69, 9.17) is 24.7 Å². The quantitative estimate of drug-likeness (QED) is 0.903. The van der Waals surface area contributed by atoms with E-state index < -0.39 is 0 Å². The highest BCUT2D eigenvalue weighted by molar-refractivity contribution is 5.55. The van der Waals surface area contributed by atoms with Gasteiger partial charge in [0.25, 0.3) is 0 Å². The molecule has 5 nitrogen and oxygen atoms in total. The van der Waals surface area contributed by atoms with Crippen LogP contribution in [0.2, 0.25) is 0 Å². The minimum atomic E-state index is -0.0210. The minimum absolute atomic E-state index is 0.0210. The third kappa shape index (κ3) is 2.35. The van der Waals surface area contributed by atoms with E-state index in [1.54, 1.807) is 7.11 Å². The highest BCUT2D eigenvalue weighted by Gasteiger charge is 2.26. The van der Waals surface area contributed by atoms with Crippen molar-refractivity contribution in [1.29, 1.82) is 0 Å². The summed E-state index contributed by atoms with van der Waals surface area (Å²) in [7, 11) is 1.63. The molecule has 0 aliphatic carbocycles. The van der Waals surface area contributed by atoms with Crippen LogP contribution in [0, 0.1) is 5.92 Å². The number of fused-ring (bicyclic) bond motifs is 1. The van der Waals surface area contributed by atoms with Crippen LogP contribution in [0.1, 0.15) is 24.4 Å². The predicted octanol–water partition coefficient (Wildman–Crippen LogP) is 1.85. The zero-order valence-corrected chi connectivity index (χ0v) is 11.1. The van der Waals surface area contributed by atoms with E-state index in [1.165, 1.54) is 0 Å². The molecule has 1 atom stereocenters. The molecule has 0 amide bonds. The monoisotopic (exact) mass is 265 g/mol. The van der Waals surface area contributed by atoms with Gasteiger partial charge in [-0.1, -0.05) is 0 Å². The summed E-state index contributed by atoms with van der Waals surface area (Å²) in [6.45, 7) is 1.82. The summed E-state index contributed by atoms with van der Waals surface area (Å²) >= 11 is 0. The Labute approximate surface area is 112 Å². The summed E-state index contributed by atoms with van der Waals surface area (Å²) in [5.74, 6) is 2.52. The first-order chi connectivity index (χ1) is 9.29. The SMILES string of the molecule is COc1cc([C@@H](N)C2CCOCC2)cc2c1OCO2.